The fraction of sp³-hybridized carbons (Fsp3) is 0.0526. The Morgan fingerprint density at radius 3 is 2.40 bits per heavy atom. The van der Waals surface area contributed by atoms with Gasteiger partial charge in [0.1, 0.15) is 23.8 Å². The van der Waals surface area contributed by atoms with E-state index in [-0.39, 0.29) is 12.3 Å². The van der Waals surface area contributed by atoms with Crippen molar-refractivity contribution in [2.75, 3.05) is 0 Å². The van der Waals surface area contributed by atoms with Crippen LogP contribution in [-0.4, -0.2) is 11.9 Å². The maximum Gasteiger partial charge on any atom is 0.355 e. The smallest absolute Gasteiger partial charge is 0.355 e. The van der Waals surface area contributed by atoms with E-state index in [9.17, 15) is 9.59 Å². The van der Waals surface area contributed by atoms with Gasteiger partial charge in [0.2, 0.25) is 0 Å². The van der Waals surface area contributed by atoms with Crippen LogP contribution in [0.25, 0.3) is 6.08 Å². The van der Waals surface area contributed by atoms with Crippen molar-refractivity contribution in [1.82, 2.24) is 5.32 Å². The minimum Gasteiger partial charge on any atom is -0.466 e. The lowest BCUT2D eigenvalue weighted by Gasteiger charge is -2.09. The van der Waals surface area contributed by atoms with Gasteiger partial charge in [0.15, 0.2) is 0 Å². The molecule has 0 fully saturated rings. The first-order chi connectivity index (χ1) is 12.2. The van der Waals surface area contributed by atoms with Crippen LogP contribution in [-0.2, 0) is 16.1 Å². The van der Waals surface area contributed by atoms with Crippen molar-refractivity contribution in [3.63, 3.8) is 0 Å². The van der Waals surface area contributed by atoms with Crippen molar-refractivity contribution in [3.8, 4) is 0 Å². The lowest BCUT2D eigenvalue weighted by atomic mass is 10.2. The molecule has 0 saturated heterocycles. The predicted molar refractivity (Wildman–Crippen MR) is 89.1 cm³/mol. The molecule has 3 rings (SSSR count). The van der Waals surface area contributed by atoms with Gasteiger partial charge in [-0.25, -0.2) is 4.79 Å². The molecule has 1 amide bonds. The highest BCUT2D eigenvalue weighted by Gasteiger charge is 2.17. The van der Waals surface area contributed by atoms with Gasteiger partial charge in [-0.1, -0.05) is 18.2 Å². The van der Waals surface area contributed by atoms with Gasteiger partial charge in [-0.2, -0.15) is 0 Å². The highest BCUT2D eigenvalue weighted by atomic mass is 16.5. The van der Waals surface area contributed by atoms with Crippen molar-refractivity contribution in [3.05, 3.63) is 89.9 Å². The van der Waals surface area contributed by atoms with Crippen LogP contribution >= 0.6 is 0 Å². The zero-order chi connectivity index (χ0) is 17.5. The summed E-state index contributed by atoms with van der Waals surface area (Å²) in [6.07, 6.45) is 4.36. The lowest BCUT2D eigenvalue weighted by molar-refractivity contribution is -0.141. The van der Waals surface area contributed by atoms with Gasteiger partial charge in [-0.3, -0.25) is 4.79 Å². The number of amides is 1. The van der Waals surface area contributed by atoms with Crippen molar-refractivity contribution in [2.45, 2.75) is 6.61 Å². The maximum atomic E-state index is 12.3. The first kappa shape index (κ1) is 16.3. The Bertz CT molecular complexity index is 849. The predicted octanol–water partition coefficient (Wildman–Crippen LogP) is 3.39. The summed E-state index contributed by atoms with van der Waals surface area (Å²) < 4.78 is 15.5. The highest BCUT2D eigenvalue weighted by Crippen LogP contribution is 2.10. The van der Waals surface area contributed by atoms with Gasteiger partial charge in [0.25, 0.3) is 5.91 Å². The summed E-state index contributed by atoms with van der Waals surface area (Å²) in [6, 6.07) is 15.3. The van der Waals surface area contributed by atoms with Crippen LogP contribution in [0.15, 0.2) is 81.7 Å². The second kappa shape index (κ2) is 7.83. The normalized spacial score (nSPS) is 11.1. The minimum atomic E-state index is -0.697. The van der Waals surface area contributed by atoms with E-state index in [0.29, 0.717) is 17.1 Å². The Kier molecular flexibility index (Phi) is 5.11. The first-order valence-electron chi connectivity index (χ1n) is 7.53. The molecular weight excluding hydrogens is 322 g/mol. The SMILES string of the molecule is O=C(OCc1ccco1)/C(=C/c1ccco1)NC(=O)c1ccccc1. The highest BCUT2D eigenvalue weighted by molar-refractivity contribution is 6.03. The zero-order valence-electron chi connectivity index (χ0n) is 13.2. The number of carbonyl (C=O) groups is 2. The fourth-order valence-electron chi connectivity index (χ4n) is 2.05. The monoisotopic (exact) mass is 337 g/mol. The van der Waals surface area contributed by atoms with Crippen molar-refractivity contribution < 1.29 is 23.2 Å². The van der Waals surface area contributed by atoms with E-state index >= 15 is 0 Å². The summed E-state index contributed by atoms with van der Waals surface area (Å²) in [5.74, 6) is -0.205. The minimum absolute atomic E-state index is 0.0321. The molecule has 0 aliphatic carbocycles. The average molecular weight is 337 g/mol. The Labute approximate surface area is 143 Å². The number of rotatable bonds is 6. The van der Waals surface area contributed by atoms with Crippen LogP contribution in [0.5, 0.6) is 0 Å². The van der Waals surface area contributed by atoms with Crippen LogP contribution in [0.1, 0.15) is 21.9 Å². The van der Waals surface area contributed by atoms with Crippen LogP contribution < -0.4 is 5.32 Å². The molecule has 0 saturated carbocycles. The van der Waals surface area contributed by atoms with Gasteiger partial charge in [-0.15, -0.1) is 0 Å². The molecule has 2 aromatic heterocycles. The number of carbonyl (C=O) groups excluding carboxylic acids is 2. The van der Waals surface area contributed by atoms with Gasteiger partial charge in [-0.05, 0) is 36.4 Å². The summed E-state index contributed by atoms with van der Waals surface area (Å²) >= 11 is 0. The van der Waals surface area contributed by atoms with Gasteiger partial charge < -0.3 is 18.9 Å². The number of benzene rings is 1. The third-order valence-corrected chi connectivity index (χ3v) is 3.26. The molecule has 0 aliphatic heterocycles. The molecule has 2 heterocycles. The van der Waals surface area contributed by atoms with Gasteiger partial charge >= 0.3 is 5.97 Å². The largest absolute Gasteiger partial charge is 0.466 e. The number of nitrogens with one attached hydrogen (secondary N) is 1. The van der Waals surface area contributed by atoms with E-state index in [4.69, 9.17) is 13.6 Å². The molecule has 0 bridgehead atoms. The topological polar surface area (TPSA) is 81.7 Å². The van der Waals surface area contributed by atoms with Crippen LogP contribution in [0.4, 0.5) is 0 Å². The third kappa shape index (κ3) is 4.48. The molecular formula is C19H15NO5. The second-order valence-electron chi connectivity index (χ2n) is 5.05. The summed E-state index contributed by atoms with van der Waals surface area (Å²) in [6.45, 7) is -0.0392. The van der Waals surface area contributed by atoms with Crippen LogP contribution in [0.3, 0.4) is 0 Å². The van der Waals surface area contributed by atoms with Crippen molar-refractivity contribution in [2.24, 2.45) is 0 Å². The average Bonchev–Trinajstić information content (AvgIpc) is 3.33. The standard InChI is InChI=1S/C19H15NO5/c21-18(14-6-2-1-3-7-14)20-17(12-15-8-4-10-23-15)19(22)25-13-16-9-5-11-24-16/h1-12H,13H2,(H,20,21)/b17-12-. The lowest BCUT2D eigenvalue weighted by Crippen LogP contribution is -2.28. The second-order valence-corrected chi connectivity index (χ2v) is 5.05. The Hall–Kier alpha value is -3.54. The number of furan rings is 2. The molecule has 3 aromatic rings. The zero-order valence-corrected chi connectivity index (χ0v) is 13.2. The molecule has 126 valence electrons. The molecule has 1 aromatic carbocycles. The molecule has 1 N–H and O–H groups in total. The molecule has 0 radical (unpaired) electrons. The van der Waals surface area contributed by atoms with E-state index in [1.54, 1.807) is 54.6 Å². The third-order valence-electron chi connectivity index (χ3n) is 3.26. The van der Waals surface area contributed by atoms with E-state index in [1.807, 2.05) is 0 Å². The Morgan fingerprint density at radius 2 is 1.72 bits per heavy atom. The van der Waals surface area contributed by atoms with Crippen molar-refractivity contribution in [1.29, 1.82) is 0 Å². The maximum absolute atomic E-state index is 12.3. The number of hydrogen-bond acceptors (Lipinski definition) is 5. The molecule has 0 aliphatic rings. The summed E-state index contributed by atoms with van der Waals surface area (Å²) in [4.78, 5) is 24.7. The molecule has 0 spiro atoms. The van der Waals surface area contributed by atoms with Gasteiger partial charge in [0, 0.05) is 11.6 Å². The number of ether oxygens (including phenoxy) is 1. The fourth-order valence-corrected chi connectivity index (χ4v) is 2.05. The van der Waals surface area contributed by atoms with E-state index in [2.05, 4.69) is 5.32 Å². The summed E-state index contributed by atoms with van der Waals surface area (Å²) in [5, 5.41) is 2.56. The number of hydrogen-bond donors (Lipinski definition) is 1. The molecule has 0 atom stereocenters. The Morgan fingerprint density at radius 1 is 0.960 bits per heavy atom. The molecule has 6 nitrogen and oxygen atoms in total. The van der Waals surface area contributed by atoms with Gasteiger partial charge in [0.05, 0.1) is 12.5 Å². The van der Waals surface area contributed by atoms with Crippen LogP contribution in [0, 0.1) is 0 Å². The van der Waals surface area contributed by atoms with E-state index < -0.39 is 11.9 Å². The summed E-state index contributed by atoms with van der Waals surface area (Å²) in [7, 11) is 0. The molecule has 25 heavy (non-hydrogen) atoms. The first-order valence-corrected chi connectivity index (χ1v) is 7.53. The van der Waals surface area contributed by atoms with Crippen LogP contribution in [0.2, 0.25) is 0 Å². The Balaban J connectivity index is 1.75. The van der Waals surface area contributed by atoms with E-state index in [1.165, 1.54) is 18.6 Å². The molecule has 0 unspecified atom stereocenters. The van der Waals surface area contributed by atoms with Crippen molar-refractivity contribution >= 4 is 18.0 Å². The molecule has 6 heteroatoms. The quantitative estimate of drug-likeness (QED) is 0.551. The summed E-state index contributed by atoms with van der Waals surface area (Å²) in [5.41, 5.74) is 0.391. The number of esters is 1. The van der Waals surface area contributed by atoms with E-state index in [0.717, 1.165) is 0 Å².